The first-order valence-corrected chi connectivity index (χ1v) is 6.90. The zero-order valence-corrected chi connectivity index (χ0v) is 12.1. The predicted octanol–water partition coefficient (Wildman–Crippen LogP) is 4.20. The summed E-state index contributed by atoms with van der Waals surface area (Å²) < 4.78 is 0. The Morgan fingerprint density at radius 1 is 1.00 bits per heavy atom. The van der Waals surface area contributed by atoms with Crippen LogP contribution >= 0.6 is 0 Å². The Morgan fingerprint density at radius 3 is 2.33 bits per heavy atom. The molecular formula is C18H17NO2. The zero-order chi connectivity index (χ0) is 15.0. The molecule has 3 rings (SSSR count). The van der Waals surface area contributed by atoms with Gasteiger partial charge in [-0.25, -0.2) is 0 Å². The third kappa shape index (κ3) is 2.31. The minimum absolute atomic E-state index is 0.807. The van der Waals surface area contributed by atoms with Crippen LogP contribution in [0.25, 0.3) is 22.0 Å². The van der Waals surface area contributed by atoms with Gasteiger partial charge in [0.15, 0.2) is 0 Å². The standard InChI is InChI=1S/C18H17NO2/c1-18(2,17(20)21)15-6-3-12(4-7-15)13-5-8-16-14(11-13)9-10-19-16/h3-11,19H,1-2H3,(H,20,21). The molecule has 1 aromatic heterocycles. The van der Waals surface area contributed by atoms with Crippen molar-refractivity contribution >= 4 is 16.9 Å². The smallest absolute Gasteiger partial charge is 0.313 e. The highest BCUT2D eigenvalue weighted by molar-refractivity contribution is 5.85. The molecule has 0 amide bonds. The molecule has 0 fully saturated rings. The van der Waals surface area contributed by atoms with E-state index in [9.17, 15) is 9.90 Å². The number of carboxylic acids is 1. The van der Waals surface area contributed by atoms with Crippen molar-refractivity contribution in [1.29, 1.82) is 0 Å². The number of aliphatic carboxylic acids is 1. The molecule has 1 heterocycles. The number of fused-ring (bicyclic) bond motifs is 1. The number of hydrogen-bond acceptors (Lipinski definition) is 1. The zero-order valence-electron chi connectivity index (χ0n) is 12.1. The molecule has 0 bridgehead atoms. The third-order valence-corrected chi connectivity index (χ3v) is 4.03. The van der Waals surface area contributed by atoms with Gasteiger partial charge in [0.2, 0.25) is 0 Å². The van der Waals surface area contributed by atoms with Crippen molar-refractivity contribution < 1.29 is 9.90 Å². The second-order valence-electron chi connectivity index (χ2n) is 5.79. The lowest BCUT2D eigenvalue weighted by atomic mass is 9.84. The summed E-state index contributed by atoms with van der Waals surface area (Å²) in [5.41, 5.74) is 3.26. The van der Waals surface area contributed by atoms with E-state index in [1.165, 1.54) is 5.39 Å². The molecule has 3 heteroatoms. The number of aromatic nitrogens is 1. The van der Waals surface area contributed by atoms with Crippen molar-refractivity contribution in [3.63, 3.8) is 0 Å². The van der Waals surface area contributed by atoms with Gasteiger partial charge in [0.25, 0.3) is 0 Å². The summed E-state index contributed by atoms with van der Waals surface area (Å²) >= 11 is 0. The quantitative estimate of drug-likeness (QED) is 0.755. The monoisotopic (exact) mass is 279 g/mol. The molecule has 0 aliphatic rings. The first-order valence-electron chi connectivity index (χ1n) is 6.90. The van der Waals surface area contributed by atoms with Crippen molar-refractivity contribution in [2.45, 2.75) is 19.3 Å². The van der Waals surface area contributed by atoms with Gasteiger partial charge in [-0.1, -0.05) is 30.3 Å². The van der Waals surface area contributed by atoms with E-state index in [4.69, 9.17) is 0 Å². The van der Waals surface area contributed by atoms with Crippen molar-refractivity contribution in [3.8, 4) is 11.1 Å². The number of benzene rings is 2. The summed E-state index contributed by atoms with van der Waals surface area (Å²) in [6.07, 6.45) is 1.92. The number of carboxylic acid groups (broad SMARTS) is 1. The molecule has 106 valence electrons. The van der Waals surface area contributed by atoms with Crippen molar-refractivity contribution in [2.24, 2.45) is 0 Å². The molecule has 2 aromatic carbocycles. The Morgan fingerprint density at radius 2 is 1.67 bits per heavy atom. The van der Waals surface area contributed by atoms with E-state index < -0.39 is 11.4 Å². The van der Waals surface area contributed by atoms with Gasteiger partial charge in [-0.2, -0.15) is 0 Å². The first kappa shape index (κ1) is 13.4. The van der Waals surface area contributed by atoms with Crippen LogP contribution in [0.4, 0.5) is 0 Å². The Kier molecular flexibility index (Phi) is 3.05. The van der Waals surface area contributed by atoms with Crippen molar-refractivity contribution in [1.82, 2.24) is 4.98 Å². The SMILES string of the molecule is CC(C)(C(=O)O)c1ccc(-c2ccc3[nH]ccc3c2)cc1. The van der Waals surface area contributed by atoms with E-state index in [1.807, 2.05) is 36.5 Å². The largest absolute Gasteiger partial charge is 0.481 e. The van der Waals surface area contributed by atoms with Gasteiger partial charge in [-0.05, 0) is 54.1 Å². The number of aromatic amines is 1. The van der Waals surface area contributed by atoms with Crippen LogP contribution in [0.1, 0.15) is 19.4 Å². The lowest BCUT2D eigenvalue weighted by Gasteiger charge is -2.19. The van der Waals surface area contributed by atoms with Crippen LogP contribution in [0.5, 0.6) is 0 Å². The molecule has 0 spiro atoms. The summed E-state index contributed by atoms with van der Waals surface area (Å²) in [6.45, 7) is 3.44. The third-order valence-electron chi connectivity index (χ3n) is 4.03. The van der Waals surface area contributed by atoms with Gasteiger partial charge in [0.1, 0.15) is 0 Å². The van der Waals surface area contributed by atoms with E-state index in [2.05, 4.69) is 23.2 Å². The van der Waals surface area contributed by atoms with Crippen molar-refractivity contribution in [3.05, 3.63) is 60.3 Å². The molecule has 0 saturated carbocycles. The fourth-order valence-electron chi connectivity index (χ4n) is 2.44. The summed E-state index contributed by atoms with van der Waals surface area (Å²) in [7, 11) is 0. The normalized spacial score (nSPS) is 11.7. The molecule has 0 aliphatic heterocycles. The van der Waals surface area contributed by atoms with E-state index in [0.29, 0.717) is 0 Å². The van der Waals surface area contributed by atoms with Crippen LogP contribution in [0.15, 0.2) is 54.7 Å². The van der Waals surface area contributed by atoms with Gasteiger partial charge in [-0.15, -0.1) is 0 Å². The average molecular weight is 279 g/mol. The highest BCUT2D eigenvalue weighted by Crippen LogP contribution is 2.28. The maximum absolute atomic E-state index is 11.3. The van der Waals surface area contributed by atoms with Crippen LogP contribution in [0.2, 0.25) is 0 Å². The van der Waals surface area contributed by atoms with Crippen LogP contribution in [-0.4, -0.2) is 16.1 Å². The number of carbonyl (C=O) groups is 1. The second kappa shape index (κ2) is 4.77. The van der Waals surface area contributed by atoms with E-state index in [1.54, 1.807) is 13.8 Å². The van der Waals surface area contributed by atoms with Gasteiger partial charge in [0, 0.05) is 11.7 Å². The fraction of sp³-hybridized carbons (Fsp3) is 0.167. The van der Waals surface area contributed by atoms with Crippen LogP contribution in [0.3, 0.4) is 0 Å². The highest BCUT2D eigenvalue weighted by Gasteiger charge is 2.29. The Balaban J connectivity index is 1.98. The second-order valence-corrected chi connectivity index (χ2v) is 5.79. The van der Waals surface area contributed by atoms with E-state index in [0.717, 1.165) is 22.2 Å². The van der Waals surface area contributed by atoms with Crippen LogP contribution in [0, 0.1) is 0 Å². The summed E-state index contributed by atoms with van der Waals surface area (Å²) in [5, 5.41) is 10.4. The van der Waals surface area contributed by atoms with Gasteiger partial charge in [0.05, 0.1) is 5.41 Å². The minimum Gasteiger partial charge on any atom is -0.481 e. The molecule has 2 N–H and O–H groups in total. The van der Waals surface area contributed by atoms with Crippen LogP contribution < -0.4 is 0 Å². The maximum Gasteiger partial charge on any atom is 0.313 e. The molecule has 0 unspecified atom stereocenters. The van der Waals surface area contributed by atoms with Crippen LogP contribution in [-0.2, 0) is 10.2 Å². The number of nitrogens with one attached hydrogen (secondary N) is 1. The summed E-state index contributed by atoms with van der Waals surface area (Å²) in [4.78, 5) is 14.5. The van der Waals surface area contributed by atoms with Gasteiger partial charge < -0.3 is 10.1 Å². The highest BCUT2D eigenvalue weighted by atomic mass is 16.4. The predicted molar refractivity (Wildman–Crippen MR) is 84.4 cm³/mol. The lowest BCUT2D eigenvalue weighted by molar-refractivity contribution is -0.142. The van der Waals surface area contributed by atoms with E-state index >= 15 is 0 Å². The molecule has 0 atom stereocenters. The molecule has 3 aromatic rings. The number of rotatable bonds is 3. The minimum atomic E-state index is -0.872. The summed E-state index contributed by atoms with van der Waals surface area (Å²) in [5.74, 6) is -0.816. The molecular weight excluding hydrogens is 262 g/mol. The van der Waals surface area contributed by atoms with Gasteiger partial charge in [-0.3, -0.25) is 4.79 Å². The summed E-state index contributed by atoms with van der Waals surface area (Å²) in [6, 6.07) is 16.0. The Labute approximate surface area is 123 Å². The molecule has 0 radical (unpaired) electrons. The number of H-pyrrole nitrogens is 1. The Hall–Kier alpha value is -2.55. The molecule has 0 aliphatic carbocycles. The molecule has 21 heavy (non-hydrogen) atoms. The fourth-order valence-corrected chi connectivity index (χ4v) is 2.44. The maximum atomic E-state index is 11.3. The van der Waals surface area contributed by atoms with Gasteiger partial charge >= 0.3 is 5.97 Å². The van der Waals surface area contributed by atoms with E-state index in [-0.39, 0.29) is 0 Å². The topological polar surface area (TPSA) is 53.1 Å². The number of hydrogen-bond donors (Lipinski definition) is 2. The molecule has 0 saturated heterocycles. The van der Waals surface area contributed by atoms with Crippen molar-refractivity contribution in [2.75, 3.05) is 0 Å². The Bertz CT molecular complexity index is 797. The lowest BCUT2D eigenvalue weighted by Crippen LogP contribution is -2.28. The molecule has 3 nitrogen and oxygen atoms in total. The average Bonchev–Trinajstić information content (AvgIpc) is 2.94. The first-order chi connectivity index (χ1) is 9.98.